The lowest BCUT2D eigenvalue weighted by Crippen LogP contribution is -2.45. The van der Waals surface area contributed by atoms with Gasteiger partial charge >= 0.3 is 0 Å². The number of hydrogen-bond acceptors (Lipinski definition) is 3. The number of carbonyl (C=O) groups excluding carboxylic acids is 2. The molecule has 1 unspecified atom stereocenters. The number of rotatable bonds is 3. The van der Waals surface area contributed by atoms with E-state index in [4.69, 9.17) is 0 Å². The molecule has 1 aromatic carbocycles. The van der Waals surface area contributed by atoms with Crippen molar-refractivity contribution in [3.8, 4) is 0 Å². The molecule has 2 rings (SSSR count). The average Bonchev–Trinajstić information content (AvgIpc) is 2.46. The number of nitrogens with zero attached hydrogens (tertiary/aromatic N) is 1. The van der Waals surface area contributed by atoms with E-state index in [1.165, 1.54) is 6.92 Å². The zero-order chi connectivity index (χ0) is 14.5. The van der Waals surface area contributed by atoms with Gasteiger partial charge in [0.2, 0.25) is 5.91 Å². The highest BCUT2D eigenvalue weighted by Crippen LogP contribution is 2.20. The van der Waals surface area contributed by atoms with Crippen molar-refractivity contribution in [2.45, 2.75) is 32.2 Å². The Labute approximate surface area is 118 Å². The molecule has 0 spiro atoms. The quantitative estimate of drug-likeness (QED) is 0.881. The van der Waals surface area contributed by atoms with Crippen LogP contribution < -0.4 is 5.32 Å². The SMILES string of the molecule is CC(=O)Nc1cccc(C(=O)N2CCCCC2CO)c1. The number of hydrogen-bond donors (Lipinski definition) is 2. The Morgan fingerprint density at radius 1 is 1.40 bits per heavy atom. The van der Waals surface area contributed by atoms with Crippen LogP contribution in [-0.4, -0.2) is 41.0 Å². The van der Waals surface area contributed by atoms with Gasteiger partial charge in [-0.05, 0) is 37.5 Å². The maximum Gasteiger partial charge on any atom is 0.254 e. The zero-order valence-corrected chi connectivity index (χ0v) is 11.6. The second-order valence-electron chi connectivity index (χ2n) is 5.09. The molecule has 1 heterocycles. The minimum absolute atomic E-state index is 0.00285. The molecule has 5 nitrogen and oxygen atoms in total. The van der Waals surface area contributed by atoms with Crippen molar-refractivity contribution < 1.29 is 14.7 Å². The van der Waals surface area contributed by atoms with Gasteiger partial charge in [0.25, 0.3) is 5.91 Å². The van der Waals surface area contributed by atoms with E-state index in [-0.39, 0.29) is 24.5 Å². The van der Waals surface area contributed by atoms with Crippen LogP contribution in [0.25, 0.3) is 0 Å². The van der Waals surface area contributed by atoms with Gasteiger partial charge in [0.05, 0.1) is 12.6 Å². The molecule has 1 atom stereocenters. The molecule has 20 heavy (non-hydrogen) atoms. The molecule has 2 N–H and O–H groups in total. The lowest BCUT2D eigenvalue weighted by molar-refractivity contribution is -0.114. The number of benzene rings is 1. The molecular weight excluding hydrogens is 256 g/mol. The Bertz CT molecular complexity index is 502. The minimum atomic E-state index is -0.166. The molecule has 1 aliphatic rings. The molecule has 1 aromatic rings. The second kappa shape index (κ2) is 6.52. The molecule has 1 fully saturated rings. The Morgan fingerprint density at radius 2 is 2.20 bits per heavy atom. The van der Waals surface area contributed by atoms with Crippen molar-refractivity contribution in [2.75, 3.05) is 18.5 Å². The van der Waals surface area contributed by atoms with E-state index < -0.39 is 0 Å². The molecule has 0 bridgehead atoms. The van der Waals surface area contributed by atoms with Crippen LogP contribution in [-0.2, 0) is 4.79 Å². The fourth-order valence-corrected chi connectivity index (χ4v) is 2.56. The number of carbonyl (C=O) groups is 2. The Balaban J connectivity index is 2.17. The van der Waals surface area contributed by atoms with Crippen LogP contribution in [0.4, 0.5) is 5.69 Å². The normalized spacial score (nSPS) is 18.7. The number of piperidine rings is 1. The number of aliphatic hydroxyl groups excluding tert-OH is 1. The van der Waals surface area contributed by atoms with Crippen LogP contribution in [0.3, 0.4) is 0 Å². The zero-order valence-electron chi connectivity index (χ0n) is 11.6. The third-order valence-corrected chi connectivity index (χ3v) is 3.53. The van der Waals surface area contributed by atoms with E-state index in [0.717, 1.165) is 19.3 Å². The van der Waals surface area contributed by atoms with Crippen molar-refractivity contribution in [1.29, 1.82) is 0 Å². The maximum absolute atomic E-state index is 12.5. The van der Waals surface area contributed by atoms with Crippen LogP contribution in [0.2, 0.25) is 0 Å². The highest BCUT2D eigenvalue weighted by atomic mass is 16.3. The fraction of sp³-hybridized carbons (Fsp3) is 0.467. The maximum atomic E-state index is 12.5. The molecule has 1 saturated heterocycles. The van der Waals surface area contributed by atoms with Crippen LogP contribution >= 0.6 is 0 Å². The summed E-state index contributed by atoms with van der Waals surface area (Å²) >= 11 is 0. The van der Waals surface area contributed by atoms with E-state index in [9.17, 15) is 14.7 Å². The number of amides is 2. The fourth-order valence-electron chi connectivity index (χ4n) is 2.56. The summed E-state index contributed by atoms with van der Waals surface area (Å²) in [5.41, 5.74) is 1.15. The highest BCUT2D eigenvalue weighted by molar-refractivity contribution is 5.97. The van der Waals surface area contributed by atoms with Crippen molar-refractivity contribution >= 4 is 17.5 Å². The second-order valence-corrected chi connectivity index (χ2v) is 5.09. The molecule has 108 valence electrons. The summed E-state index contributed by atoms with van der Waals surface area (Å²) in [6.45, 7) is 2.10. The Kier molecular flexibility index (Phi) is 4.74. The summed E-state index contributed by atoms with van der Waals surface area (Å²) in [7, 11) is 0. The predicted octanol–water partition coefficient (Wildman–Crippen LogP) is 1.63. The predicted molar refractivity (Wildman–Crippen MR) is 76.5 cm³/mol. The Morgan fingerprint density at radius 3 is 2.90 bits per heavy atom. The Hall–Kier alpha value is -1.88. The topological polar surface area (TPSA) is 69.6 Å². The van der Waals surface area contributed by atoms with Crippen molar-refractivity contribution in [2.24, 2.45) is 0 Å². The van der Waals surface area contributed by atoms with E-state index in [2.05, 4.69) is 5.32 Å². The monoisotopic (exact) mass is 276 g/mol. The molecule has 0 radical (unpaired) electrons. The summed E-state index contributed by atoms with van der Waals surface area (Å²) in [4.78, 5) is 25.3. The molecule has 2 amide bonds. The molecule has 0 saturated carbocycles. The summed E-state index contributed by atoms with van der Waals surface area (Å²) in [6, 6.07) is 6.80. The summed E-state index contributed by atoms with van der Waals surface area (Å²) in [6.07, 6.45) is 2.85. The number of nitrogens with one attached hydrogen (secondary N) is 1. The van der Waals surface area contributed by atoms with Crippen LogP contribution in [0.1, 0.15) is 36.5 Å². The van der Waals surface area contributed by atoms with Gasteiger partial charge in [0.15, 0.2) is 0 Å². The van der Waals surface area contributed by atoms with Crippen molar-refractivity contribution in [3.05, 3.63) is 29.8 Å². The smallest absolute Gasteiger partial charge is 0.254 e. The largest absolute Gasteiger partial charge is 0.394 e. The third kappa shape index (κ3) is 3.36. The van der Waals surface area contributed by atoms with Crippen molar-refractivity contribution in [3.63, 3.8) is 0 Å². The van der Waals surface area contributed by atoms with Crippen LogP contribution in [0, 0.1) is 0 Å². The molecule has 5 heteroatoms. The van der Waals surface area contributed by atoms with Gasteiger partial charge in [-0.3, -0.25) is 9.59 Å². The first-order valence-electron chi connectivity index (χ1n) is 6.91. The first kappa shape index (κ1) is 14.5. The lowest BCUT2D eigenvalue weighted by atomic mass is 10.0. The van der Waals surface area contributed by atoms with Gasteiger partial charge in [-0.2, -0.15) is 0 Å². The van der Waals surface area contributed by atoms with Gasteiger partial charge in [0, 0.05) is 24.7 Å². The number of anilines is 1. The summed E-state index contributed by atoms with van der Waals surface area (Å²) in [5, 5.41) is 12.0. The van der Waals surface area contributed by atoms with E-state index in [1.54, 1.807) is 29.2 Å². The summed E-state index contributed by atoms with van der Waals surface area (Å²) in [5.74, 6) is -0.253. The van der Waals surface area contributed by atoms with Crippen molar-refractivity contribution in [1.82, 2.24) is 4.90 Å². The molecule has 0 aromatic heterocycles. The standard InChI is InChI=1S/C15H20N2O3/c1-11(19)16-13-6-4-5-12(9-13)15(20)17-8-3-2-7-14(17)10-18/h4-6,9,14,18H,2-3,7-8,10H2,1H3,(H,16,19). The molecule has 1 aliphatic heterocycles. The third-order valence-electron chi connectivity index (χ3n) is 3.53. The van der Waals surface area contributed by atoms with Gasteiger partial charge in [0.1, 0.15) is 0 Å². The van der Waals surface area contributed by atoms with E-state index in [0.29, 0.717) is 17.8 Å². The number of likely N-dealkylation sites (tertiary alicyclic amines) is 1. The average molecular weight is 276 g/mol. The van der Waals surface area contributed by atoms with Gasteiger partial charge in [-0.1, -0.05) is 6.07 Å². The van der Waals surface area contributed by atoms with Gasteiger partial charge < -0.3 is 15.3 Å². The first-order valence-corrected chi connectivity index (χ1v) is 6.91. The molecule has 0 aliphatic carbocycles. The number of aliphatic hydroxyl groups is 1. The first-order chi connectivity index (χ1) is 9.61. The van der Waals surface area contributed by atoms with Gasteiger partial charge in [-0.25, -0.2) is 0 Å². The van der Waals surface area contributed by atoms with Crippen LogP contribution in [0.5, 0.6) is 0 Å². The summed E-state index contributed by atoms with van der Waals surface area (Å²) < 4.78 is 0. The highest BCUT2D eigenvalue weighted by Gasteiger charge is 2.26. The van der Waals surface area contributed by atoms with E-state index >= 15 is 0 Å². The van der Waals surface area contributed by atoms with E-state index in [1.807, 2.05) is 0 Å². The molecular formula is C15H20N2O3. The van der Waals surface area contributed by atoms with Crippen LogP contribution in [0.15, 0.2) is 24.3 Å². The van der Waals surface area contributed by atoms with Gasteiger partial charge in [-0.15, -0.1) is 0 Å². The minimum Gasteiger partial charge on any atom is -0.394 e. The lowest BCUT2D eigenvalue weighted by Gasteiger charge is -2.34.